The number of rotatable bonds is 7. The second-order valence-corrected chi connectivity index (χ2v) is 6.09. The van der Waals surface area contributed by atoms with Crippen LogP contribution in [0.3, 0.4) is 0 Å². The van der Waals surface area contributed by atoms with Gasteiger partial charge in [0, 0.05) is 22.9 Å². The molecular weight excluding hydrogens is 266 g/mol. The van der Waals surface area contributed by atoms with Crippen molar-refractivity contribution in [3.05, 3.63) is 42.1 Å². The largest absolute Gasteiger partial charge is 0.253 e. The van der Waals surface area contributed by atoms with Crippen molar-refractivity contribution in [3.63, 3.8) is 0 Å². The van der Waals surface area contributed by atoms with Crippen molar-refractivity contribution in [2.24, 2.45) is 5.92 Å². The van der Waals surface area contributed by atoms with Gasteiger partial charge in [0.1, 0.15) is 0 Å². The van der Waals surface area contributed by atoms with Gasteiger partial charge in [0.2, 0.25) is 0 Å². The maximum Gasteiger partial charge on any atom is 0.0705 e. The Balaban J connectivity index is 2.06. The Bertz CT molecular complexity index is 538. The van der Waals surface area contributed by atoms with E-state index in [1.807, 2.05) is 12.1 Å². The summed E-state index contributed by atoms with van der Waals surface area (Å²) in [6.45, 7) is 4.48. The minimum absolute atomic E-state index is 0.195. The number of para-hydroxylation sites is 1. The second kappa shape index (κ2) is 7.64. The molecule has 20 heavy (non-hydrogen) atoms. The topological polar surface area (TPSA) is 12.9 Å². The summed E-state index contributed by atoms with van der Waals surface area (Å²) in [5.41, 5.74) is 2.18. The van der Waals surface area contributed by atoms with Crippen LogP contribution in [0.1, 0.15) is 45.2 Å². The van der Waals surface area contributed by atoms with Gasteiger partial charge in [-0.25, -0.2) is 0 Å². The first-order valence-corrected chi connectivity index (χ1v) is 8.17. The highest BCUT2D eigenvalue weighted by Crippen LogP contribution is 2.24. The Labute approximate surface area is 127 Å². The molecule has 0 saturated carbocycles. The fraction of sp³-hybridized carbons (Fsp3) is 0.500. The van der Waals surface area contributed by atoms with Gasteiger partial charge < -0.3 is 0 Å². The first-order valence-electron chi connectivity index (χ1n) is 7.73. The Morgan fingerprint density at radius 2 is 1.90 bits per heavy atom. The molecule has 0 N–H and O–H groups in total. The maximum atomic E-state index is 6.63. The number of hydrogen-bond acceptors (Lipinski definition) is 1. The van der Waals surface area contributed by atoms with E-state index in [4.69, 9.17) is 16.6 Å². The maximum absolute atomic E-state index is 6.63. The van der Waals surface area contributed by atoms with E-state index in [-0.39, 0.29) is 5.38 Å². The Kier molecular flexibility index (Phi) is 5.85. The van der Waals surface area contributed by atoms with Crippen molar-refractivity contribution in [1.29, 1.82) is 0 Å². The fourth-order valence-electron chi connectivity index (χ4n) is 2.70. The molecule has 108 valence electrons. The van der Waals surface area contributed by atoms with Crippen LogP contribution in [0.25, 0.3) is 10.9 Å². The molecule has 2 unspecified atom stereocenters. The van der Waals surface area contributed by atoms with Crippen LogP contribution in [0.2, 0.25) is 0 Å². The lowest BCUT2D eigenvalue weighted by atomic mass is 9.93. The third kappa shape index (κ3) is 3.96. The molecule has 0 radical (unpaired) electrons. The number of nitrogens with zero attached hydrogens (tertiary/aromatic N) is 1. The first-order chi connectivity index (χ1) is 9.74. The fourth-order valence-corrected chi connectivity index (χ4v) is 3.16. The van der Waals surface area contributed by atoms with Gasteiger partial charge in [0.25, 0.3) is 0 Å². The summed E-state index contributed by atoms with van der Waals surface area (Å²) >= 11 is 6.63. The monoisotopic (exact) mass is 289 g/mol. The molecule has 0 aliphatic rings. The predicted octanol–water partition coefficient (Wildman–Crippen LogP) is 5.60. The molecular formula is C18H24ClN. The molecule has 1 aromatic carbocycles. The number of aromatic nitrogens is 1. The predicted molar refractivity (Wildman–Crippen MR) is 88.4 cm³/mol. The standard InChI is InChI=1S/C18H24ClN/c1-3-5-8-14(4-2)17(19)13-16-12-11-15-9-6-7-10-18(15)20-16/h6-7,9-12,14,17H,3-5,8,13H2,1-2H3. The van der Waals surface area contributed by atoms with Gasteiger partial charge in [-0.3, -0.25) is 4.98 Å². The molecule has 1 nitrogen and oxygen atoms in total. The first kappa shape index (κ1) is 15.3. The summed E-state index contributed by atoms with van der Waals surface area (Å²) in [6, 6.07) is 12.5. The van der Waals surface area contributed by atoms with Gasteiger partial charge in [-0.2, -0.15) is 0 Å². The lowest BCUT2D eigenvalue weighted by molar-refractivity contribution is 0.427. The summed E-state index contributed by atoms with van der Waals surface area (Å²) in [4.78, 5) is 4.73. The van der Waals surface area contributed by atoms with E-state index in [2.05, 4.69) is 38.1 Å². The Morgan fingerprint density at radius 1 is 1.10 bits per heavy atom. The van der Waals surface area contributed by atoms with Gasteiger partial charge in [-0.1, -0.05) is 57.4 Å². The average molecular weight is 290 g/mol. The van der Waals surface area contributed by atoms with Gasteiger partial charge in [-0.15, -0.1) is 11.6 Å². The summed E-state index contributed by atoms with van der Waals surface area (Å²) < 4.78 is 0. The molecule has 0 spiro atoms. The highest BCUT2D eigenvalue weighted by atomic mass is 35.5. The van der Waals surface area contributed by atoms with Crippen molar-refractivity contribution >= 4 is 22.5 Å². The molecule has 1 aromatic heterocycles. The number of fused-ring (bicyclic) bond motifs is 1. The van der Waals surface area contributed by atoms with Crippen molar-refractivity contribution in [3.8, 4) is 0 Å². The number of halogens is 1. The quantitative estimate of drug-likeness (QED) is 0.605. The molecule has 0 aliphatic heterocycles. The van der Waals surface area contributed by atoms with E-state index in [9.17, 15) is 0 Å². The third-order valence-corrected chi connectivity index (χ3v) is 4.54. The van der Waals surface area contributed by atoms with Crippen molar-refractivity contribution in [1.82, 2.24) is 4.98 Å². The number of benzene rings is 1. The number of pyridine rings is 1. The van der Waals surface area contributed by atoms with Gasteiger partial charge >= 0.3 is 0 Å². The molecule has 0 bridgehead atoms. The van der Waals surface area contributed by atoms with E-state index in [0.29, 0.717) is 5.92 Å². The summed E-state index contributed by atoms with van der Waals surface area (Å²) in [5, 5.41) is 1.39. The van der Waals surface area contributed by atoms with Crippen LogP contribution in [0, 0.1) is 5.92 Å². The van der Waals surface area contributed by atoms with Crippen molar-refractivity contribution in [2.45, 2.75) is 51.3 Å². The van der Waals surface area contributed by atoms with Crippen LogP contribution in [-0.4, -0.2) is 10.4 Å². The van der Waals surface area contributed by atoms with Crippen LogP contribution >= 0.6 is 11.6 Å². The summed E-state index contributed by atoms with van der Waals surface area (Å²) in [5.74, 6) is 0.602. The molecule has 1 heterocycles. The minimum atomic E-state index is 0.195. The summed E-state index contributed by atoms with van der Waals surface area (Å²) in [6.07, 6.45) is 5.77. The molecule has 2 atom stereocenters. The lowest BCUT2D eigenvalue weighted by Gasteiger charge is -2.20. The van der Waals surface area contributed by atoms with Crippen molar-refractivity contribution in [2.75, 3.05) is 0 Å². The number of hydrogen-bond donors (Lipinski definition) is 0. The minimum Gasteiger partial charge on any atom is -0.253 e. The molecule has 0 aliphatic carbocycles. The van der Waals surface area contributed by atoms with E-state index in [0.717, 1.165) is 24.1 Å². The Morgan fingerprint density at radius 3 is 2.65 bits per heavy atom. The third-order valence-electron chi connectivity index (χ3n) is 4.02. The zero-order valence-corrected chi connectivity index (χ0v) is 13.2. The average Bonchev–Trinajstić information content (AvgIpc) is 2.48. The van der Waals surface area contributed by atoms with Crippen LogP contribution < -0.4 is 0 Å². The zero-order chi connectivity index (χ0) is 14.4. The molecule has 0 amide bonds. The molecule has 0 saturated heterocycles. The van der Waals surface area contributed by atoms with Gasteiger partial charge in [0.05, 0.1) is 5.52 Å². The normalized spacial score (nSPS) is 14.3. The van der Waals surface area contributed by atoms with E-state index in [1.165, 1.54) is 24.6 Å². The highest BCUT2D eigenvalue weighted by Gasteiger charge is 2.18. The van der Waals surface area contributed by atoms with E-state index in [1.54, 1.807) is 0 Å². The van der Waals surface area contributed by atoms with Crippen LogP contribution in [-0.2, 0) is 6.42 Å². The SMILES string of the molecule is CCCCC(CC)C(Cl)Cc1ccc2ccccc2n1. The van der Waals surface area contributed by atoms with Gasteiger partial charge in [0.15, 0.2) is 0 Å². The molecule has 2 heteroatoms. The molecule has 2 aromatic rings. The smallest absolute Gasteiger partial charge is 0.0705 e. The number of alkyl halides is 1. The molecule has 0 fully saturated rings. The van der Waals surface area contributed by atoms with Crippen LogP contribution in [0.5, 0.6) is 0 Å². The van der Waals surface area contributed by atoms with Gasteiger partial charge in [-0.05, 0) is 24.5 Å². The number of unbranched alkanes of at least 4 members (excludes halogenated alkanes) is 1. The molecule has 2 rings (SSSR count). The van der Waals surface area contributed by atoms with Crippen LogP contribution in [0.15, 0.2) is 36.4 Å². The van der Waals surface area contributed by atoms with E-state index < -0.39 is 0 Å². The lowest BCUT2D eigenvalue weighted by Crippen LogP contribution is -2.17. The zero-order valence-electron chi connectivity index (χ0n) is 12.5. The van der Waals surface area contributed by atoms with E-state index >= 15 is 0 Å². The second-order valence-electron chi connectivity index (χ2n) is 5.53. The van der Waals surface area contributed by atoms with Crippen LogP contribution in [0.4, 0.5) is 0 Å². The highest BCUT2D eigenvalue weighted by molar-refractivity contribution is 6.20. The Hall–Kier alpha value is -1.08. The summed E-state index contributed by atoms with van der Waals surface area (Å²) in [7, 11) is 0. The van der Waals surface area contributed by atoms with Crippen molar-refractivity contribution < 1.29 is 0 Å².